The molecule has 0 bridgehead atoms. The van der Waals surface area contributed by atoms with Gasteiger partial charge in [-0.25, -0.2) is 8.42 Å². The van der Waals surface area contributed by atoms with Gasteiger partial charge in [0.2, 0.25) is 15.9 Å². The maximum absolute atomic E-state index is 12.9. The van der Waals surface area contributed by atoms with Crippen molar-refractivity contribution in [3.8, 4) is 0 Å². The molecule has 13 heteroatoms. The predicted molar refractivity (Wildman–Crippen MR) is 120 cm³/mol. The Morgan fingerprint density at radius 2 is 1.97 bits per heavy atom. The smallest absolute Gasteiger partial charge is 0.248 e. The number of piperazine rings is 1. The van der Waals surface area contributed by atoms with E-state index in [9.17, 15) is 13.2 Å². The van der Waals surface area contributed by atoms with Crippen LogP contribution < -0.4 is 0 Å². The zero-order valence-corrected chi connectivity index (χ0v) is 20.5. The van der Waals surface area contributed by atoms with Crippen LogP contribution >= 0.6 is 23.1 Å². The van der Waals surface area contributed by atoms with E-state index in [1.54, 1.807) is 30.1 Å². The average Bonchev–Trinajstić information content (AvgIpc) is 3.49. The number of thiophene rings is 1. The molecule has 1 saturated heterocycles. The number of sulfonamides is 1. The van der Waals surface area contributed by atoms with Crippen molar-refractivity contribution in [1.82, 2.24) is 29.1 Å². The Balaban J connectivity index is 1.31. The predicted octanol–water partition coefficient (Wildman–Crippen LogP) is 1.70. The molecule has 0 aromatic carbocycles. The number of aromatic nitrogens is 4. The second-order valence-corrected chi connectivity index (χ2v) is 11.3. The number of carbonyl (C=O) groups is 1. The second-order valence-electron chi connectivity index (χ2n) is 7.44. The Bertz CT molecular complexity index is 1170. The van der Waals surface area contributed by atoms with Gasteiger partial charge in [0.1, 0.15) is 16.4 Å². The molecule has 1 amide bonds. The van der Waals surface area contributed by atoms with Gasteiger partial charge in [-0.2, -0.15) is 4.31 Å². The molecule has 3 aromatic rings. The fourth-order valence-corrected chi connectivity index (χ4v) is 6.81. The Morgan fingerprint density at radius 3 is 2.59 bits per heavy atom. The van der Waals surface area contributed by atoms with Crippen molar-refractivity contribution >= 4 is 39.0 Å². The van der Waals surface area contributed by atoms with E-state index in [2.05, 4.69) is 21.4 Å². The first-order chi connectivity index (χ1) is 15.3. The number of rotatable bonds is 7. The van der Waals surface area contributed by atoms with Crippen LogP contribution in [0.5, 0.6) is 0 Å². The first-order valence-corrected chi connectivity index (χ1v) is 13.3. The van der Waals surface area contributed by atoms with Gasteiger partial charge >= 0.3 is 0 Å². The third kappa shape index (κ3) is 4.60. The summed E-state index contributed by atoms with van der Waals surface area (Å²) in [5.41, 5.74) is 0.347. The molecule has 4 rings (SSSR count). The molecule has 0 atom stereocenters. The number of carbonyl (C=O) groups excluding carboxylic acids is 1. The van der Waals surface area contributed by atoms with Gasteiger partial charge in [-0.15, -0.1) is 21.5 Å². The van der Waals surface area contributed by atoms with Crippen molar-refractivity contribution in [2.24, 2.45) is 7.05 Å². The zero-order chi connectivity index (χ0) is 22.9. The molecule has 0 aliphatic carbocycles. The van der Waals surface area contributed by atoms with Crippen molar-refractivity contribution in [2.45, 2.75) is 30.3 Å². The van der Waals surface area contributed by atoms with Crippen molar-refractivity contribution in [1.29, 1.82) is 0 Å². The molecule has 4 heterocycles. The van der Waals surface area contributed by atoms with Gasteiger partial charge in [-0.3, -0.25) is 4.79 Å². The monoisotopic (exact) mass is 496 g/mol. The van der Waals surface area contributed by atoms with E-state index in [1.165, 1.54) is 20.9 Å². The van der Waals surface area contributed by atoms with Gasteiger partial charge in [-0.1, -0.05) is 23.0 Å². The molecule has 1 fully saturated rings. The molecule has 0 saturated carbocycles. The highest BCUT2D eigenvalue weighted by molar-refractivity contribution is 7.99. The van der Waals surface area contributed by atoms with Crippen molar-refractivity contribution in [2.75, 3.05) is 31.9 Å². The largest absolute Gasteiger partial charge is 0.360 e. The molecule has 0 unspecified atom stereocenters. The van der Waals surface area contributed by atoms with Gasteiger partial charge < -0.3 is 14.0 Å². The third-order valence-electron chi connectivity index (χ3n) is 5.32. The first kappa shape index (κ1) is 23.0. The Kier molecular flexibility index (Phi) is 6.70. The SMILES string of the molecule is Cc1noc(C)c1S(=O)(=O)N1CCN(C(=O)CSc2nnc(Cc3cccs3)n2C)CC1. The normalized spacial score (nSPS) is 15.4. The van der Waals surface area contributed by atoms with Crippen LogP contribution in [-0.2, 0) is 28.3 Å². The molecule has 0 N–H and O–H groups in total. The lowest BCUT2D eigenvalue weighted by molar-refractivity contribution is -0.129. The summed E-state index contributed by atoms with van der Waals surface area (Å²) in [5, 5.41) is 14.9. The summed E-state index contributed by atoms with van der Waals surface area (Å²) in [6.45, 7) is 4.34. The van der Waals surface area contributed by atoms with Crippen LogP contribution in [0.15, 0.2) is 32.1 Å². The summed E-state index contributed by atoms with van der Waals surface area (Å²) in [5.74, 6) is 1.30. The standard InChI is InChI=1S/C19H24N6O4S3/c1-13-18(14(2)29-22-13)32(27,28)25-8-6-24(7-9-25)17(26)12-31-19-21-20-16(23(19)3)11-15-5-4-10-30-15/h4-5,10H,6-9,11-12H2,1-3H3. The van der Waals surface area contributed by atoms with E-state index in [0.717, 1.165) is 5.82 Å². The molecule has 172 valence electrons. The molecule has 3 aromatic heterocycles. The average molecular weight is 497 g/mol. The summed E-state index contributed by atoms with van der Waals surface area (Å²) in [4.78, 5) is 15.7. The number of amides is 1. The molecule has 1 aliphatic rings. The van der Waals surface area contributed by atoms with E-state index in [4.69, 9.17) is 4.52 Å². The fraction of sp³-hybridized carbons (Fsp3) is 0.474. The summed E-state index contributed by atoms with van der Waals surface area (Å²) in [6, 6.07) is 4.06. The topological polar surface area (TPSA) is 114 Å². The third-order valence-corrected chi connectivity index (χ3v) is 9.34. The molecular formula is C19H24N6O4S3. The Hall–Kier alpha value is -2.22. The van der Waals surface area contributed by atoms with Gasteiger partial charge in [0, 0.05) is 44.5 Å². The van der Waals surface area contributed by atoms with Crippen molar-refractivity contribution in [3.05, 3.63) is 39.7 Å². The summed E-state index contributed by atoms with van der Waals surface area (Å²) in [7, 11) is -1.80. The van der Waals surface area contributed by atoms with Crippen molar-refractivity contribution < 1.29 is 17.7 Å². The number of thioether (sulfide) groups is 1. The lowest BCUT2D eigenvalue weighted by Crippen LogP contribution is -2.51. The molecule has 0 radical (unpaired) electrons. The van der Waals surface area contributed by atoms with Crippen LogP contribution in [0.25, 0.3) is 0 Å². The summed E-state index contributed by atoms with van der Waals surface area (Å²) in [6.07, 6.45) is 0.706. The number of hydrogen-bond donors (Lipinski definition) is 0. The lowest BCUT2D eigenvalue weighted by Gasteiger charge is -2.33. The Labute approximate surface area is 194 Å². The van der Waals surface area contributed by atoms with Gasteiger partial charge in [-0.05, 0) is 25.3 Å². The maximum Gasteiger partial charge on any atom is 0.248 e. The minimum absolute atomic E-state index is 0.0489. The lowest BCUT2D eigenvalue weighted by atomic mass is 10.3. The highest BCUT2D eigenvalue weighted by Crippen LogP contribution is 2.25. The highest BCUT2D eigenvalue weighted by Gasteiger charge is 2.34. The first-order valence-electron chi connectivity index (χ1n) is 10.0. The maximum atomic E-state index is 12.9. The van der Waals surface area contributed by atoms with Crippen molar-refractivity contribution in [3.63, 3.8) is 0 Å². The summed E-state index contributed by atoms with van der Waals surface area (Å²) >= 11 is 3.01. The molecule has 0 spiro atoms. The van der Waals surface area contributed by atoms with E-state index < -0.39 is 10.0 Å². The van der Waals surface area contributed by atoms with Gasteiger partial charge in [0.15, 0.2) is 10.9 Å². The highest BCUT2D eigenvalue weighted by atomic mass is 32.2. The number of nitrogens with zero attached hydrogens (tertiary/aromatic N) is 6. The molecule has 1 aliphatic heterocycles. The minimum atomic E-state index is -3.70. The number of aryl methyl sites for hydroxylation is 2. The molecule has 10 nitrogen and oxygen atoms in total. The van der Waals surface area contributed by atoms with Gasteiger partial charge in [0.05, 0.1) is 5.75 Å². The Morgan fingerprint density at radius 1 is 1.22 bits per heavy atom. The second kappa shape index (κ2) is 9.33. The van der Waals surface area contributed by atoms with Crippen LogP contribution in [-0.4, -0.2) is 75.4 Å². The van der Waals surface area contributed by atoms with E-state index in [-0.39, 0.29) is 35.4 Å². The van der Waals surface area contributed by atoms with Crippen LogP contribution in [0, 0.1) is 13.8 Å². The zero-order valence-electron chi connectivity index (χ0n) is 18.0. The molecular weight excluding hydrogens is 472 g/mol. The fourth-order valence-electron chi connectivity index (χ4n) is 3.56. The van der Waals surface area contributed by atoms with Crippen LogP contribution in [0.3, 0.4) is 0 Å². The summed E-state index contributed by atoms with van der Waals surface area (Å²) < 4.78 is 34.2. The van der Waals surface area contributed by atoms with Crippen LogP contribution in [0.4, 0.5) is 0 Å². The van der Waals surface area contributed by atoms with Gasteiger partial charge in [0.25, 0.3) is 0 Å². The van der Waals surface area contributed by atoms with E-state index >= 15 is 0 Å². The van der Waals surface area contributed by atoms with Crippen LogP contribution in [0.1, 0.15) is 22.2 Å². The molecule has 32 heavy (non-hydrogen) atoms. The quantitative estimate of drug-likeness (QED) is 0.454. The van der Waals surface area contributed by atoms with E-state index in [1.807, 2.05) is 23.1 Å². The van der Waals surface area contributed by atoms with Crippen LogP contribution in [0.2, 0.25) is 0 Å². The number of hydrogen-bond acceptors (Lipinski definition) is 9. The minimum Gasteiger partial charge on any atom is -0.360 e. The van der Waals surface area contributed by atoms with E-state index in [0.29, 0.717) is 30.4 Å².